The van der Waals surface area contributed by atoms with Crippen LogP contribution in [0.5, 0.6) is 0 Å². The van der Waals surface area contributed by atoms with E-state index in [2.05, 4.69) is 68.0 Å². The van der Waals surface area contributed by atoms with Gasteiger partial charge in [0.15, 0.2) is 10.8 Å². The van der Waals surface area contributed by atoms with Crippen molar-refractivity contribution in [2.75, 3.05) is 11.4 Å². The molecule has 0 atom stereocenters. The Hall–Kier alpha value is -1.33. The monoisotopic (exact) mass is 335 g/mol. The molecule has 0 spiro atoms. The molecule has 0 N–H and O–H groups in total. The Morgan fingerprint density at radius 3 is 2.79 bits per heavy atom. The van der Waals surface area contributed by atoms with Crippen LogP contribution in [0.1, 0.15) is 12.6 Å². The van der Waals surface area contributed by atoms with E-state index in [1.54, 1.807) is 11.3 Å². The second-order valence-corrected chi connectivity index (χ2v) is 5.58. The van der Waals surface area contributed by atoms with E-state index in [0.29, 0.717) is 0 Å². The number of anilines is 2. The molecule has 0 amide bonds. The van der Waals surface area contributed by atoms with Gasteiger partial charge in [0.05, 0.1) is 5.69 Å². The van der Waals surface area contributed by atoms with Crippen molar-refractivity contribution in [2.24, 2.45) is 0 Å². The van der Waals surface area contributed by atoms with Crippen LogP contribution in [0.4, 0.5) is 11.5 Å². The number of aromatic nitrogens is 2. The van der Waals surface area contributed by atoms with Crippen LogP contribution < -0.4 is 4.90 Å². The summed E-state index contributed by atoms with van der Waals surface area (Å²) in [6.07, 6.45) is 2.08. The SMILES string of the molecule is CCN(c1ccccc1)c1nc2sccn2c1CBr. The van der Waals surface area contributed by atoms with Crippen LogP contribution in [0.15, 0.2) is 41.9 Å². The van der Waals surface area contributed by atoms with Crippen LogP contribution in [-0.2, 0) is 5.33 Å². The third-order valence-electron chi connectivity index (χ3n) is 3.11. The van der Waals surface area contributed by atoms with Gasteiger partial charge in [-0.05, 0) is 19.1 Å². The topological polar surface area (TPSA) is 20.5 Å². The molecule has 2 aromatic heterocycles. The van der Waals surface area contributed by atoms with Gasteiger partial charge in [-0.3, -0.25) is 4.40 Å². The number of fused-ring (bicyclic) bond motifs is 1. The molecule has 0 fully saturated rings. The number of alkyl halides is 1. The fraction of sp³-hybridized carbons (Fsp3) is 0.214. The van der Waals surface area contributed by atoms with Gasteiger partial charge in [0.25, 0.3) is 0 Å². The van der Waals surface area contributed by atoms with Crippen LogP contribution in [0.25, 0.3) is 4.96 Å². The lowest BCUT2D eigenvalue weighted by Crippen LogP contribution is -2.17. The van der Waals surface area contributed by atoms with E-state index in [0.717, 1.165) is 22.7 Å². The molecule has 0 bridgehead atoms. The molecule has 2 heterocycles. The van der Waals surface area contributed by atoms with Gasteiger partial charge in [-0.25, -0.2) is 4.98 Å². The lowest BCUT2D eigenvalue weighted by molar-refractivity contribution is 0.984. The molecule has 5 heteroatoms. The summed E-state index contributed by atoms with van der Waals surface area (Å²) in [7, 11) is 0. The highest BCUT2D eigenvalue weighted by atomic mass is 79.9. The van der Waals surface area contributed by atoms with E-state index in [-0.39, 0.29) is 0 Å². The van der Waals surface area contributed by atoms with E-state index in [1.807, 2.05) is 6.07 Å². The lowest BCUT2D eigenvalue weighted by Gasteiger charge is -2.21. The predicted molar refractivity (Wildman–Crippen MR) is 84.8 cm³/mol. The van der Waals surface area contributed by atoms with Crippen LogP contribution in [0.2, 0.25) is 0 Å². The van der Waals surface area contributed by atoms with Crippen molar-refractivity contribution in [3.63, 3.8) is 0 Å². The van der Waals surface area contributed by atoms with Crippen molar-refractivity contribution in [1.82, 2.24) is 9.38 Å². The van der Waals surface area contributed by atoms with Crippen LogP contribution >= 0.6 is 27.3 Å². The maximum Gasteiger partial charge on any atom is 0.195 e. The standard InChI is InChI=1S/C14H14BrN3S/c1-2-17(11-6-4-3-5-7-11)13-12(10-15)18-8-9-19-14(18)16-13/h3-9H,2,10H2,1H3. The third-order valence-corrected chi connectivity index (χ3v) is 4.39. The molecule has 0 saturated heterocycles. The summed E-state index contributed by atoms with van der Waals surface area (Å²) in [6, 6.07) is 10.4. The molecule has 0 aliphatic carbocycles. The van der Waals surface area contributed by atoms with Gasteiger partial charge in [-0.15, -0.1) is 11.3 Å². The summed E-state index contributed by atoms with van der Waals surface area (Å²) >= 11 is 5.25. The molecular weight excluding hydrogens is 322 g/mol. The molecule has 0 radical (unpaired) electrons. The maximum absolute atomic E-state index is 4.77. The Bertz CT molecular complexity index is 674. The smallest absolute Gasteiger partial charge is 0.195 e. The normalized spacial score (nSPS) is 11.1. The summed E-state index contributed by atoms with van der Waals surface area (Å²) in [5.74, 6) is 1.04. The first-order valence-electron chi connectivity index (χ1n) is 6.18. The van der Waals surface area contributed by atoms with E-state index in [1.165, 1.54) is 11.4 Å². The third kappa shape index (κ3) is 2.17. The van der Waals surface area contributed by atoms with Crippen molar-refractivity contribution in [2.45, 2.75) is 12.3 Å². The Balaban J connectivity index is 2.13. The molecular formula is C14H14BrN3S. The number of nitrogens with zero attached hydrogens (tertiary/aromatic N) is 3. The molecule has 1 aromatic carbocycles. The fourth-order valence-electron chi connectivity index (χ4n) is 2.22. The first kappa shape index (κ1) is 12.7. The minimum absolute atomic E-state index is 0.795. The lowest BCUT2D eigenvalue weighted by atomic mass is 10.3. The Labute approximate surface area is 124 Å². The zero-order valence-corrected chi connectivity index (χ0v) is 13.0. The highest BCUT2D eigenvalue weighted by Gasteiger charge is 2.18. The average molecular weight is 336 g/mol. The summed E-state index contributed by atoms with van der Waals surface area (Å²) < 4.78 is 2.15. The molecule has 3 nitrogen and oxygen atoms in total. The number of rotatable bonds is 4. The molecule has 0 aliphatic heterocycles. The fourth-order valence-corrected chi connectivity index (χ4v) is 3.47. The molecule has 3 rings (SSSR count). The number of para-hydroxylation sites is 1. The highest BCUT2D eigenvalue weighted by Crippen LogP contribution is 2.31. The number of hydrogen-bond donors (Lipinski definition) is 0. The molecule has 0 saturated carbocycles. The van der Waals surface area contributed by atoms with E-state index in [4.69, 9.17) is 4.98 Å². The maximum atomic E-state index is 4.77. The molecule has 19 heavy (non-hydrogen) atoms. The van der Waals surface area contributed by atoms with E-state index < -0.39 is 0 Å². The molecule has 0 aliphatic rings. The first-order chi connectivity index (χ1) is 9.35. The number of hydrogen-bond acceptors (Lipinski definition) is 3. The van der Waals surface area contributed by atoms with Crippen molar-refractivity contribution in [3.8, 4) is 0 Å². The first-order valence-corrected chi connectivity index (χ1v) is 8.18. The number of benzene rings is 1. The zero-order chi connectivity index (χ0) is 13.2. The average Bonchev–Trinajstić information content (AvgIpc) is 3.01. The summed E-state index contributed by atoms with van der Waals surface area (Å²) in [6.45, 7) is 3.05. The second kappa shape index (κ2) is 5.35. The van der Waals surface area contributed by atoms with Gasteiger partial charge in [0.1, 0.15) is 0 Å². The minimum atomic E-state index is 0.795. The van der Waals surface area contributed by atoms with E-state index in [9.17, 15) is 0 Å². The van der Waals surface area contributed by atoms with Crippen molar-refractivity contribution < 1.29 is 0 Å². The van der Waals surface area contributed by atoms with E-state index >= 15 is 0 Å². The number of thiazole rings is 1. The number of imidazole rings is 1. The Kier molecular flexibility index (Phi) is 3.57. The van der Waals surface area contributed by atoms with Crippen molar-refractivity contribution in [1.29, 1.82) is 0 Å². The Morgan fingerprint density at radius 2 is 2.11 bits per heavy atom. The van der Waals surface area contributed by atoms with Crippen molar-refractivity contribution >= 4 is 43.7 Å². The quantitative estimate of drug-likeness (QED) is 0.656. The van der Waals surface area contributed by atoms with Gasteiger partial charge < -0.3 is 4.90 Å². The van der Waals surface area contributed by atoms with Gasteiger partial charge >= 0.3 is 0 Å². The summed E-state index contributed by atoms with van der Waals surface area (Å²) in [5, 5.41) is 2.86. The molecule has 3 aromatic rings. The van der Waals surface area contributed by atoms with Crippen molar-refractivity contribution in [3.05, 3.63) is 47.6 Å². The minimum Gasteiger partial charge on any atom is -0.325 e. The largest absolute Gasteiger partial charge is 0.325 e. The zero-order valence-electron chi connectivity index (χ0n) is 10.6. The van der Waals surface area contributed by atoms with Gasteiger partial charge in [0, 0.05) is 29.1 Å². The van der Waals surface area contributed by atoms with Gasteiger partial charge in [0.2, 0.25) is 0 Å². The highest BCUT2D eigenvalue weighted by molar-refractivity contribution is 9.08. The van der Waals surface area contributed by atoms with Gasteiger partial charge in [-0.2, -0.15) is 0 Å². The molecule has 98 valence electrons. The predicted octanol–water partition coefficient (Wildman–Crippen LogP) is 4.45. The summed E-state index contributed by atoms with van der Waals surface area (Å²) in [4.78, 5) is 8.06. The Morgan fingerprint density at radius 1 is 1.32 bits per heavy atom. The second-order valence-electron chi connectivity index (χ2n) is 4.15. The van der Waals surface area contributed by atoms with Crippen LogP contribution in [0.3, 0.4) is 0 Å². The molecule has 0 unspecified atom stereocenters. The van der Waals surface area contributed by atoms with Gasteiger partial charge in [-0.1, -0.05) is 34.1 Å². The number of halogens is 1. The summed E-state index contributed by atoms with van der Waals surface area (Å²) in [5.41, 5.74) is 2.37. The van der Waals surface area contributed by atoms with Crippen LogP contribution in [0, 0.1) is 0 Å². The van der Waals surface area contributed by atoms with Crippen LogP contribution in [-0.4, -0.2) is 15.9 Å².